The molecule has 2 rings (SSSR count). The summed E-state index contributed by atoms with van der Waals surface area (Å²) < 4.78 is 5.51. The molecule has 0 saturated carbocycles. The number of rotatable bonds is 7. The van der Waals surface area contributed by atoms with Crippen LogP contribution in [0.15, 0.2) is 18.2 Å². The molecule has 4 nitrogen and oxygen atoms in total. The van der Waals surface area contributed by atoms with Crippen LogP contribution in [-0.4, -0.2) is 25.1 Å². The molecule has 2 N–H and O–H groups in total. The standard InChI is InChI=1S/C16H23ClN2O2.ClH/c1-2-10-21-15-7-5-13(11-14(15)17)19-16(20)8-6-12-4-3-9-18-12;/h5,7,11-12,18H,2-4,6,8-10H2,1H3,(H,19,20);1H. The van der Waals surface area contributed by atoms with Gasteiger partial charge in [-0.1, -0.05) is 18.5 Å². The number of hydrogen-bond donors (Lipinski definition) is 2. The summed E-state index contributed by atoms with van der Waals surface area (Å²) in [5, 5.41) is 6.80. The van der Waals surface area contributed by atoms with Gasteiger partial charge in [0.15, 0.2) is 0 Å². The lowest BCUT2D eigenvalue weighted by atomic mass is 10.1. The number of amides is 1. The van der Waals surface area contributed by atoms with Crippen molar-refractivity contribution in [3.63, 3.8) is 0 Å². The molecule has 1 aliphatic rings. The summed E-state index contributed by atoms with van der Waals surface area (Å²) in [5.74, 6) is 0.689. The molecule has 1 atom stereocenters. The zero-order valence-electron chi connectivity index (χ0n) is 12.9. The number of halogens is 2. The molecule has 0 bridgehead atoms. The van der Waals surface area contributed by atoms with Crippen LogP contribution in [0.25, 0.3) is 0 Å². The van der Waals surface area contributed by atoms with Crippen LogP contribution >= 0.6 is 24.0 Å². The van der Waals surface area contributed by atoms with Crippen molar-refractivity contribution in [1.29, 1.82) is 0 Å². The highest BCUT2D eigenvalue weighted by Crippen LogP contribution is 2.28. The summed E-state index contributed by atoms with van der Waals surface area (Å²) in [6.45, 7) is 3.75. The average molecular weight is 347 g/mol. The highest BCUT2D eigenvalue weighted by atomic mass is 35.5. The van der Waals surface area contributed by atoms with Crippen molar-refractivity contribution in [2.45, 2.75) is 45.1 Å². The summed E-state index contributed by atoms with van der Waals surface area (Å²) in [5.41, 5.74) is 0.716. The molecular weight excluding hydrogens is 323 g/mol. The molecular formula is C16H24Cl2N2O2. The minimum absolute atomic E-state index is 0. The van der Waals surface area contributed by atoms with E-state index in [9.17, 15) is 4.79 Å². The van der Waals surface area contributed by atoms with Gasteiger partial charge in [-0.15, -0.1) is 12.4 Å². The van der Waals surface area contributed by atoms with Crippen molar-refractivity contribution >= 4 is 35.6 Å². The maximum Gasteiger partial charge on any atom is 0.224 e. The Morgan fingerprint density at radius 3 is 2.95 bits per heavy atom. The van der Waals surface area contributed by atoms with Gasteiger partial charge in [0.05, 0.1) is 11.6 Å². The highest BCUT2D eigenvalue weighted by Gasteiger charge is 2.15. The summed E-state index contributed by atoms with van der Waals surface area (Å²) in [7, 11) is 0. The Morgan fingerprint density at radius 2 is 2.32 bits per heavy atom. The third-order valence-corrected chi connectivity index (χ3v) is 3.85. The van der Waals surface area contributed by atoms with Gasteiger partial charge in [-0.25, -0.2) is 0 Å². The minimum Gasteiger partial charge on any atom is -0.492 e. The van der Waals surface area contributed by atoms with E-state index >= 15 is 0 Å². The van der Waals surface area contributed by atoms with Crippen molar-refractivity contribution in [2.24, 2.45) is 0 Å². The lowest BCUT2D eigenvalue weighted by Gasteiger charge is -2.11. The Bertz CT molecular complexity index is 477. The molecule has 1 aromatic carbocycles. The smallest absolute Gasteiger partial charge is 0.224 e. The number of carbonyl (C=O) groups excluding carboxylic acids is 1. The largest absolute Gasteiger partial charge is 0.492 e. The molecule has 6 heteroatoms. The van der Waals surface area contributed by atoms with Crippen LogP contribution in [0.4, 0.5) is 5.69 Å². The molecule has 22 heavy (non-hydrogen) atoms. The molecule has 0 aliphatic carbocycles. The molecule has 1 unspecified atom stereocenters. The third-order valence-electron chi connectivity index (χ3n) is 3.56. The predicted molar refractivity (Wildman–Crippen MR) is 93.4 cm³/mol. The molecule has 1 amide bonds. The Hall–Kier alpha value is -0.970. The molecule has 0 spiro atoms. The second kappa shape index (κ2) is 9.93. The van der Waals surface area contributed by atoms with Crippen LogP contribution in [0.5, 0.6) is 5.75 Å². The Morgan fingerprint density at radius 1 is 1.50 bits per heavy atom. The zero-order chi connectivity index (χ0) is 15.1. The molecule has 1 aliphatic heterocycles. The van der Waals surface area contributed by atoms with Crippen molar-refractivity contribution in [3.8, 4) is 5.75 Å². The third kappa shape index (κ3) is 6.03. The maximum absolute atomic E-state index is 11.9. The first-order chi connectivity index (χ1) is 10.2. The summed E-state index contributed by atoms with van der Waals surface area (Å²) in [6, 6.07) is 5.84. The van der Waals surface area contributed by atoms with Crippen LogP contribution in [0.2, 0.25) is 5.02 Å². The Balaban J connectivity index is 0.00000242. The molecule has 124 valence electrons. The van der Waals surface area contributed by atoms with Crippen molar-refractivity contribution < 1.29 is 9.53 Å². The first-order valence-corrected chi connectivity index (χ1v) is 8.02. The van der Waals surface area contributed by atoms with E-state index in [-0.39, 0.29) is 18.3 Å². The second-order valence-corrected chi connectivity index (χ2v) is 5.78. The quantitative estimate of drug-likeness (QED) is 0.783. The minimum atomic E-state index is 0. The van der Waals surface area contributed by atoms with Gasteiger partial charge in [0.25, 0.3) is 0 Å². The number of nitrogens with one attached hydrogen (secondary N) is 2. The molecule has 1 aromatic rings. The molecule has 1 saturated heterocycles. The van der Waals surface area contributed by atoms with E-state index in [0.29, 0.717) is 35.5 Å². The van der Waals surface area contributed by atoms with Gasteiger partial charge in [0.2, 0.25) is 5.91 Å². The monoisotopic (exact) mass is 346 g/mol. The number of benzene rings is 1. The van der Waals surface area contributed by atoms with E-state index in [1.807, 2.05) is 13.0 Å². The lowest BCUT2D eigenvalue weighted by molar-refractivity contribution is -0.116. The van der Waals surface area contributed by atoms with E-state index in [0.717, 1.165) is 19.4 Å². The van der Waals surface area contributed by atoms with E-state index in [2.05, 4.69) is 10.6 Å². The van der Waals surface area contributed by atoms with Crippen LogP contribution in [-0.2, 0) is 4.79 Å². The van der Waals surface area contributed by atoms with Crippen molar-refractivity contribution in [2.75, 3.05) is 18.5 Å². The van der Waals surface area contributed by atoms with Crippen LogP contribution in [0.1, 0.15) is 39.0 Å². The van der Waals surface area contributed by atoms with Gasteiger partial charge < -0.3 is 15.4 Å². The molecule has 0 aromatic heterocycles. The van der Waals surface area contributed by atoms with Gasteiger partial charge in [-0.05, 0) is 50.4 Å². The van der Waals surface area contributed by atoms with Crippen LogP contribution in [0.3, 0.4) is 0 Å². The fraction of sp³-hybridized carbons (Fsp3) is 0.562. The van der Waals surface area contributed by atoms with E-state index in [1.54, 1.807) is 12.1 Å². The zero-order valence-corrected chi connectivity index (χ0v) is 14.4. The number of ether oxygens (including phenoxy) is 1. The SMILES string of the molecule is CCCOc1ccc(NC(=O)CCC2CCCN2)cc1Cl.Cl. The molecule has 0 radical (unpaired) electrons. The van der Waals surface area contributed by atoms with E-state index < -0.39 is 0 Å². The van der Waals surface area contributed by atoms with Gasteiger partial charge in [0.1, 0.15) is 5.75 Å². The highest BCUT2D eigenvalue weighted by molar-refractivity contribution is 6.32. The van der Waals surface area contributed by atoms with Gasteiger partial charge in [-0.3, -0.25) is 4.79 Å². The predicted octanol–water partition coefficient (Wildman–Crippen LogP) is 4.02. The summed E-state index contributed by atoms with van der Waals surface area (Å²) >= 11 is 6.14. The first-order valence-electron chi connectivity index (χ1n) is 7.64. The second-order valence-electron chi connectivity index (χ2n) is 5.37. The van der Waals surface area contributed by atoms with Crippen molar-refractivity contribution in [3.05, 3.63) is 23.2 Å². The van der Waals surface area contributed by atoms with E-state index in [4.69, 9.17) is 16.3 Å². The number of anilines is 1. The van der Waals surface area contributed by atoms with Crippen molar-refractivity contribution in [1.82, 2.24) is 5.32 Å². The Labute approximate surface area is 143 Å². The van der Waals surface area contributed by atoms with Gasteiger partial charge >= 0.3 is 0 Å². The normalized spacial score (nSPS) is 16.9. The number of carbonyl (C=O) groups is 1. The number of hydrogen-bond acceptors (Lipinski definition) is 3. The fourth-order valence-electron chi connectivity index (χ4n) is 2.44. The van der Waals surface area contributed by atoms with Gasteiger partial charge in [-0.2, -0.15) is 0 Å². The topological polar surface area (TPSA) is 50.4 Å². The first kappa shape index (κ1) is 19.1. The Kier molecular flexibility index (Phi) is 8.61. The van der Waals surface area contributed by atoms with Crippen LogP contribution < -0.4 is 15.4 Å². The fourth-order valence-corrected chi connectivity index (χ4v) is 2.67. The molecule has 1 heterocycles. The summed E-state index contributed by atoms with van der Waals surface area (Å²) in [6.07, 6.45) is 4.73. The average Bonchev–Trinajstić information content (AvgIpc) is 2.98. The maximum atomic E-state index is 11.9. The van der Waals surface area contributed by atoms with E-state index in [1.165, 1.54) is 12.8 Å². The van der Waals surface area contributed by atoms with Crippen LogP contribution in [0, 0.1) is 0 Å². The lowest BCUT2D eigenvalue weighted by Crippen LogP contribution is -2.23. The van der Waals surface area contributed by atoms with Gasteiger partial charge in [0, 0.05) is 18.2 Å². The summed E-state index contributed by atoms with van der Waals surface area (Å²) in [4.78, 5) is 11.9. The molecule has 1 fully saturated rings.